The molecule has 0 heterocycles. The lowest BCUT2D eigenvalue weighted by molar-refractivity contribution is -0.131. The fraction of sp³-hybridized carbons (Fsp3) is 0.938. The van der Waals surface area contributed by atoms with Crippen molar-refractivity contribution in [2.75, 3.05) is 0 Å². The summed E-state index contributed by atoms with van der Waals surface area (Å²) in [4.78, 5) is 12.1. The first-order valence-corrected chi connectivity index (χ1v) is 7.67. The Bertz CT molecular complexity index is 364. The molecular weight excluding hydrogens is 238 g/mol. The molecule has 4 atom stereocenters. The van der Waals surface area contributed by atoms with Crippen molar-refractivity contribution in [2.24, 2.45) is 22.7 Å². The number of amides is 1. The van der Waals surface area contributed by atoms with Crippen molar-refractivity contribution < 1.29 is 9.90 Å². The molecule has 19 heavy (non-hydrogen) atoms. The molecule has 3 nitrogen and oxygen atoms in total. The fourth-order valence-electron chi connectivity index (χ4n) is 4.24. The fourth-order valence-corrected chi connectivity index (χ4v) is 4.24. The minimum absolute atomic E-state index is 0.178. The van der Waals surface area contributed by atoms with E-state index in [1.54, 1.807) is 0 Å². The van der Waals surface area contributed by atoms with Gasteiger partial charge in [0.05, 0.1) is 0 Å². The second-order valence-electron chi connectivity index (χ2n) is 7.82. The van der Waals surface area contributed by atoms with Gasteiger partial charge in [-0.15, -0.1) is 0 Å². The molecule has 2 saturated carbocycles. The van der Waals surface area contributed by atoms with Crippen LogP contribution in [0.15, 0.2) is 0 Å². The van der Waals surface area contributed by atoms with Crippen molar-refractivity contribution in [3.05, 3.63) is 0 Å². The number of hydrogen-bond donors (Lipinski definition) is 2. The van der Waals surface area contributed by atoms with Crippen molar-refractivity contribution in [3.8, 4) is 0 Å². The summed E-state index contributed by atoms with van der Waals surface area (Å²) in [5, 5.41) is 13.0. The van der Waals surface area contributed by atoms with E-state index in [9.17, 15) is 9.90 Å². The largest absolute Gasteiger partial charge is 0.383 e. The molecule has 2 N–H and O–H groups in total. The molecule has 0 aromatic carbocycles. The Hall–Kier alpha value is -0.570. The van der Waals surface area contributed by atoms with E-state index in [-0.39, 0.29) is 17.4 Å². The van der Waals surface area contributed by atoms with Crippen LogP contribution in [0.4, 0.5) is 0 Å². The van der Waals surface area contributed by atoms with Crippen LogP contribution in [-0.2, 0) is 4.79 Å². The molecule has 1 amide bonds. The lowest BCUT2D eigenvalue weighted by Crippen LogP contribution is -2.49. The van der Waals surface area contributed by atoms with Crippen molar-refractivity contribution in [3.63, 3.8) is 0 Å². The average Bonchev–Trinajstić information content (AvgIpc) is 2.61. The summed E-state index contributed by atoms with van der Waals surface area (Å²) in [6.45, 7) is 11.0. The first-order valence-electron chi connectivity index (χ1n) is 7.67. The van der Waals surface area contributed by atoms with E-state index in [4.69, 9.17) is 0 Å². The molecule has 110 valence electrons. The third-order valence-corrected chi connectivity index (χ3v) is 6.11. The highest BCUT2D eigenvalue weighted by Gasteiger charge is 2.61. The number of carbonyl (C=O) groups is 1. The molecule has 0 aromatic heterocycles. The number of carbonyl (C=O) groups excluding carboxylic acids is 1. The zero-order chi connectivity index (χ0) is 14.4. The number of aliphatic hydroxyl groups excluding tert-OH is 1. The standard InChI is InChI=1S/C16H29NO2/c1-10(2)8-12(18)14(19)17-13-9-11-6-7-16(13,5)15(11,3)4/h10-13,18H,6-9H2,1-5H3,(H,17,19)/t11?,12-,13?,16?/m0/s1. The van der Waals surface area contributed by atoms with Crippen LogP contribution in [0.3, 0.4) is 0 Å². The maximum atomic E-state index is 12.1. The van der Waals surface area contributed by atoms with Crippen LogP contribution >= 0.6 is 0 Å². The molecule has 0 radical (unpaired) electrons. The van der Waals surface area contributed by atoms with E-state index in [0.29, 0.717) is 23.7 Å². The molecule has 0 saturated heterocycles. The predicted octanol–water partition coefficient (Wildman–Crippen LogP) is 2.72. The SMILES string of the molecule is CC(C)C[C@H](O)C(=O)NC1CC2CCC1(C)C2(C)C. The van der Waals surface area contributed by atoms with Crippen LogP contribution in [-0.4, -0.2) is 23.2 Å². The minimum Gasteiger partial charge on any atom is -0.383 e. The van der Waals surface area contributed by atoms with Crippen LogP contribution in [0.2, 0.25) is 0 Å². The van der Waals surface area contributed by atoms with Gasteiger partial charge in [-0.05, 0) is 48.3 Å². The zero-order valence-electron chi connectivity index (χ0n) is 13.0. The molecule has 0 aliphatic heterocycles. The number of nitrogens with one attached hydrogen (secondary N) is 1. The van der Waals surface area contributed by atoms with Crippen LogP contribution in [0.1, 0.15) is 60.3 Å². The molecule has 3 heteroatoms. The van der Waals surface area contributed by atoms with Crippen LogP contribution < -0.4 is 5.32 Å². The maximum absolute atomic E-state index is 12.1. The summed E-state index contributed by atoms with van der Waals surface area (Å²) in [5.74, 6) is 0.876. The van der Waals surface area contributed by atoms with Gasteiger partial charge in [0.15, 0.2) is 0 Å². The summed E-state index contributed by atoms with van der Waals surface area (Å²) in [7, 11) is 0. The van der Waals surface area contributed by atoms with E-state index >= 15 is 0 Å². The number of fused-ring (bicyclic) bond motifs is 2. The summed E-state index contributed by atoms with van der Waals surface area (Å²) >= 11 is 0. The predicted molar refractivity (Wildman–Crippen MR) is 76.6 cm³/mol. The van der Waals surface area contributed by atoms with Gasteiger partial charge < -0.3 is 10.4 Å². The molecular formula is C16H29NO2. The number of aliphatic hydroxyl groups is 1. The van der Waals surface area contributed by atoms with E-state index < -0.39 is 6.10 Å². The summed E-state index contributed by atoms with van der Waals surface area (Å²) in [6, 6.07) is 0.232. The third-order valence-electron chi connectivity index (χ3n) is 6.11. The number of rotatable bonds is 4. The highest BCUT2D eigenvalue weighted by atomic mass is 16.3. The Balaban J connectivity index is 2.00. The van der Waals surface area contributed by atoms with E-state index in [1.165, 1.54) is 12.8 Å². The molecule has 3 unspecified atom stereocenters. The van der Waals surface area contributed by atoms with Crippen molar-refractivity contribution in [2.45, 2.75) is 72.4 Å². The van der Waals surface area contributed by atoms with Gasteiger partial charge in [0.1, 0.15) is 6.10 Å². The quantitative estimate of drug-likeness (QED) is 0.823. The second-order valence-corrected chi connectivity index (χ2v) is 7.82. The molecule has 0 aromatic rings. The summed E-state index contributed by atoms with van der Waals surface area (Å²) < 4.78 is 0. The summed E-state index contributed by atoms with van der Waals surface area (Å²) in [6.07, 6.45) is 3.23. The monoisotopic (exact) mass is 267 g/mol. The van der Waals surface area contributed by atoms with Gasteiger partial charge in [-0.1, -0.05) is 34.6 Å². The van der Waals surface area contributed by atoms with Gasteiger partial charge in [-0.2, -0.15) is 0 Å². The second kappa shape index (κ2) is 4.76. The molecule has 2 aliphatic rings. The van der Waals surface area contributed by atoms with Gasteiger partial charge in [-0.25, -0.2) is 0 Å². The molecule has 2 aliphatic carbocycles. The van der Waals surface area contributed by atoms with Crippen LogP contribution in [0.25, 0.3) is 0 Å². The molecule has 0 spiro atoms. The average molecular weight is 267 g/mol. The molecule has 2 rings (SSSR count). The first kappa shape index (κ1) is 14.8. The summed E-state index contributed by atoms with van der Waals surface area (Å²) in [5.41, 5.74) is 0.485. The van der Waals surface area contributed by atoms with Crippen molar-refractivity contribution >= 4 is 5.91 Å². The van der Waals surface area contributed by atoms with E-state index in [1.807, 2.05) is 13.8 Å². The van der Waals surface area contributed by atoms with Gasteiger partial charge in [0.25, 0.3) is 0 Å². The maximum Gasteiger partial charge on any atom is 0.249 e. The molecule has 2 bridgehead atoms. The topological polar surface area (TPSA) is 49.3 Å². The first-order chi connectivity index (χ1) is 8.68. The Kier molecular flexibility index (Phi) is 3.72. The molecule has 2 fully saturated rings. The van der Waals surface area contributed by atoms with E-state index in [2.05, 4.69) is 26.1 Å². The Morgan fingerprint density at radius 2 is 2.00 bits per heavy atom. The van der Waals surface area contributed by atoms with Gasteiger partial charge >= 0.3 is 0 Å². The van der Waals surface area contributed by atoms with Gasteiger partial charge in [0, 0.05) is 6.04 Å². The Morgan fingerprint density at radius 1 is 1.37 bits per heavy atom. The smallest absolute Gasteiger partial charge is 0.249 e. The Morgan fingerprint density at radius 3 is 2.42 bits per heavy atom. The van der Waals surface area contributed by atoms with Crippen LogP contribution in [0.5, 0.6) is 0 Å². The third kappa shape index (κ3) is 2.31. The number of hydrogen-bond acceptors (Lipinski definition) is 2. The lowest BCUT2D eigenvalue weighted by Gasteiger charge is -2.39. The Labute approximate surface area is 117 Å². The lowest BCUT2D eigenvalue weighted by atomic mass is 9.69. The zero-order valence-corrected chi connectivity index (χ0v) is 13.0. The highest BCUT2D eigenvalue weighted by molar-refractivity contribution is 5.80. The van der Waals surface area contributed by atoms with Crippen molar-refractivity contribution in [1.29, 1.82) is 0 Å². The van der Waals surface area contributed by atoms with E-state index in [0.717, 1.165) is 6.42 Å². The van der Waals surface area contributed by atoms with Gasteiger partial charge in [0.2, 0.25) is 5.91 Å². The van der Waals surface area contributed by atoms with Gasteiger partial charge in [-0.3, -0.25) is 4.79 Å². The highest BCUT2D eigenvalue weighted by Crippen LogP contribution is 2.65. The minimum atomic E-state index is -0.856. The van der Waals surface area contributed by atoms with Crippen molar-refractivity contribution in [1.82, 2.24) is 5.32 Å². The normalized spacial score (nSPS) is 37.6. The van der Waals surface area contributed by atoms with Crippen LogP contribution in [0, 0.1) is 22.7 Å².